The Bertz CT molecular complexity index is 209. The molecule has 12 heavy (non-hydrogen) atoms. The fourth-order valence-electron chi connectivity index (χ4n) is 1.07. The van der Waals surface area contributed by atoms with Gasteiger partial charge in [0, 0.05) is 19.0 Å². The van der Waals surface area contributed by atoms with E-state index in [4.69, 9.17) is 10.8 Å². The largest absolute Gasteiger partial charge is 0.396 e. The molecule has 0 aromatic carbocycles. The number of hydrogen-bond donors (Lipinski definition) is 2. The van der Waals surface area contributed by atoms with Gasteiger partial charge < -0.3 is 10.8 Å². The quantitative estimate of drug-likeness (QED) is 0.671. The molecule has 0 spiro atoms. The zero-order chi connectivity index (χ0) is 8.81. The smallest absolute Gasteiger partial charge is 0.0474 e. The van der Waals surface area contributed by atoms with E-state index < -0.39 is 0 Å². The molecule has 0 aliphatic heterocycles. The number of aromatic nitrogens is 1. The average molecular weight is 166 g/mol. The molecule has 0 saturated carbocycles. The third-order valence-corrected chi connectivity index (χ3v) is 1.84. The van der Waals surface area contributed by atoms with Gasteiger partial charge in [0.2, 0.25) is 0 Å². The number of nitrogens with zero attached hydrogens (tertiary/aromatic N) is 1. The molecule has 1 aromatic rings. The van der Waals surface area contributed by atoms with Crippen molar-refractivity contribution in [1.29, 1.82) is 0 Å². The molecule has 3 N–H and O–H groups in total. The van der Waals surface area contributed by atoms with Crippen molar-refractivity contribution in [2.24, 2.45) is 11.7 Å². The van der Waals surface area contributed by atoms with Crippen LogP contribution in [0.4, 0.5) is 0 Å². The highest BCUT2D eigenvalue weighted by Gasteiger charge is 2.05. The van der Waals surface area contributed by atoms with E-state index in [-0.39, 0.29) is 12.5 Å². The van der Waals surface area contributed by atoms with Crippen molar-refractivity contribution < 1.29 is 5.11 Å². The van der Waals surface area contributed by atoms with E-state index in [2.05, 4.69) is 4.98 Å². The predicted molar refractivity (Wildman–Crippen MR) is 47.6 cm³/mol. The lowest BCUT2D eigenvalue weighted by molar-refractivity contribution is 0.229. The van der Waals surface area contributed by atoms with Crippen molar-refractivity contribution in [3.63, 3.8) is 0 Å². The third kappa shape index (κ3) is 2.60. The molecule has 0 unspecified atom stereocenters. The van der Waals surface area contributed by atoms with Gasteiger partial charge in [-0.25, -0.2) is 0 Å². The molecule has 3 heteroatoms. The van der Waals surface area contributed by atoms with Crippen LogP contribution < -0.4 is 5.73 Å². The first-order valence-electron chi connectivity index (χ1n) is 4.06. The Labute approximate surface area is 72.2 Å². The summed E-state index contributed by atoms with van der Waals surface area (Å²) in [5.41, 5.74) is 6.58. The normalized spacial score (nSPS) is 12.8. The molecule has 1 atom stereocenters. The maximum Gasteiger partial charge on any atom is 0.0474 e. The molecular formula is C9H14N2O. The Kier molecular flexibility index (Phi) is 3.70. The highest BCUT2D eigenvalue weighted by atomic mass is 16.3. The summed E-state index contributed by atoms with van der Waals surface area (Å²) >= 11 is 0. The molecule has 66 valence electrons. The second kappa shape index (κ2) is 4.85. The molecule has 1 heterocycles. The van der Waals surface area contributed by atoms with Crippen LogP contribution >= 0.6 is 0 Å². The number of hydrogen-bond acceptors (Lipinski definition) is 3. The van der Waals surface area contributed by atoms with E-state index in [1.165, 1.54) is 0 Å². The van der Waals surface area contributed by atoms with Gasteiger partial charge in [0.25, 0.3) is 0 Å². The average Bonchev–Trinajstić information content (AvgIpc) is 2.16. The summed E-state index contributed by atoms with van der Waals surface area (Å²) in [6.45, 7) is 0.663. The minimum absolute atomic E-state index is 0.144. The highest BCUT2D eigenvalue weighted by Crippen LogP contribution is 2.05. The highest BCUT2D eigenvalue weighted by molar-refractivity contribution is 5.09. The molecule has 1 rings (SSSR count). The third-order valence-electron chi connectivity index (χ3n) is 1.84. The van der Waals surface area contributed by atoms with Gasteiger partial charge in [-0.1, -0.05) is 6.07 Å². The van der Waals surface area contributed by atoms with Gasteiger partial charge in [-0.05, 0) is 30.5 Å². The zero-order valence-corrected chi connectivity index (χ0v) is 6.98. The van der Waals surface area contributed by atoms with Crippen molar-refractivity contribution >= 4 is 0 Å². The molecule has 0 fully saturated rings. The van der Waals surface area contributed by atoms with E-state index in [1.807, 2.05) is 12.1 Å². The maximum atomic E-state index is 8.89. The summed E-state index contributed by atoms with van der Waals surface area (Å²) in [6.07, 6.45) is 4.35. The standard InChI is InChI=1S/C9H14N2O/c10-5-9(7-12)4-8-2-1-3-11-6-8/h1-3,6,9,12H,4-5,7,10H2/t9-/m0/s1. The summed E-state index contributed by atoms with van der Waals surface area (Å²) in [6, 6.07) is 3.88. The minimum atomic E-state index is 0.144. The molecule has 1 aromatic heterocycles. The fourth-order valence-corrected chi connectivity index (χ4v) is 1.07. The van der Waals surface area contributed by atoms with E-state index in [9.17, 15) is 0 Å². The van der Waals surface area contributed by atoms with Crippen molar-refractivity contribution in [3.8, 4) is 0 Å². The van der Waals surface area contributed by atoms with Crippen LogP contribution in [0.15, 0.2) is 24.5 Å². The molecule has 0 radical (unpaired) electrons. The van der Waals surface area contributed by atoms with Crippen molar-refractivity contribution in [2.45, 2.75) is 6.42 Å². The van der Waals surface area contributed by atoms with Gasteiger partial charge in [-0.2, -0.15) is 0 Å². The lowest BCUT2D eigenvalue weighted by atomic mass is 10.0. The molecule has 0 saturated heterocycles. The molecular weight excluding hydrogens is 152 g/mol. The Balaban J connectivity index is 2.51. The minimum Gasteiger partial charge on any atom is -0.396 e. The lowest BCUT2D eigenvalue weighted by Gasteiger charge is -2.09. The van der Waals surface area contributed by atoms with Crippen LogP contribution in [-0.4, -0.2) is 23.2 Å². The number of aliphatic hydroxyl groups excluding tert-OH is 1. The summed E-state index contributed by atoms with van der Waals surface area (Å²) < 4.78 is 0. The van der Waals surface area contributed by atoms with Crippen LogP contribution in [0.5, 0.6) is 0 Å². The lowest BCUT2D eigenvalue weighted by Crippen LogP contribution is -2.20. The van der Waals surface area contributed by atoms with Gasteiger partial charge in [0.1, 0.15) is 0 Å². The first-order valence-corrected chi connectivity index (χ1v) is 4.06. The summed E-state index contributed by atoms with van der Waals surface area (Å²) in [4.78, 5) is 3.98. The molecule has 0 aliphatic rings. The van der Waals surface area contributed by atoms with Crippen LogP contribution in [0.25, 0.3) is 0 Å². The Hall–Kier alpha value is -0.930. The summed E-state index contributed by atoms with van der Waals surface area (Å²) in [7, 11) is 0. The second-order valence-electron chi connectivity index (χ2n) is 2.85. The number of nitrogens with two attached hydrogens (primary N) is 1. The first kappa shape index (κ1) is 9.16. The van der Waals surface area contributed by atoms with Gasteiger partial charge in [0.15, 0.2) is 0 Å². The zero-order valence-electron chi connectivity index (χ0n) is 6.98. The SMILES string of the molecule is NC[C@@H](CO)Cc1cccnc1. The Morgan fingerprint density at radius 1 is 1.58 bits per heavy atom. The van der Waals surface area contributed by atoms with Crippen LogP contribution in [0.2, 0.25) is 0 Å². The predicted octanol–water partition coefficient (Wildman–Crippen LogP) is 0.191. The molecule has 0 amide bonds. The Morgan fingerprint density at radius 3 is 2.92 bits per heavy atom. The van der Waals surface area contributed by atoms with Crippen LogP contribution in [0, 0.1) is 5.92 Å². The number of pyridine rings is 1. The summed E-state index contributed by atoms with van der Waals surface area (Å²) in [5.74, 6) is 0.161. The first-order chi connectivity index (χ1) is 5.86. The Morgan fingerprint density at radius 2 is 2.42 bits per heavy atom. The van der Waals surface area contributed by atoms with Crippen LogP contribution in [0.1, 0.15) is 5.56 Å². The van der Waals surface area contributed by atoms with E-state index in [0.29, 0.717) is 6.54 Å². The van der Waals surface area contributed by atoms with Gasteiger partial charge in [-0.15, -0.1) is 0 Å². The van der Waals surface area contributed by atoms with E-state index in [0.717, 1.165) is 12.0 Å². The van der Waals surface area contributed by atoms with Crippen LogP contribution in [0.3, 0.4) is 0 Å². The van der Waals surface area contributed by atoms with Crippen LogP contribution in [-0.2, 0) is 6.42 Å². The van der Waals surface area contributed by atoms with Crippen molar-refractivity contribution in [2.75, 3.05) is 13.2 Å². The second-order valence-corrected chi connectivity index (χ2v) is 2.85. The molecule has 0 bridgehead atoms. The van der Waals surface area contributed by atoms with Gasteiger partial charge >= 0.3 is 0 Å². The fraction of sp³-hybridized carbons (Fsp3) is 0.444. The molecule has 0 aliphatic carbocycles. The van der Waals surface area contributed by atoms with E-state index in [1.54, 1.807) is 12.4 Å². The number of rotatable bonds is 4. The van der Waals surface area contributed by atoms with Crippen molar-refractivity contribution in [1.82, 2.24) is 4.98 Å². The summed E-state index contributed by atoms with van der Waals surface area (Å²) in [5, 5.41) is 8.89. The molecule has 3 nitrogen and oxygen atoms in total. The maximum absolute atomic E-state index is 8.89. The van der Waals surface area contributed by atoms with Gasteiger partial charge in [-0.3, -0.25) is 4.98 Å². The van der Waals surface area contributed by atoms with Gasteiger partial charge in [0.05, 0.1) is 0 Å². The topological polar surface area (TPSA) is 59.1 Å². The van der Waals surface area contributed by atoms with E-state index >= 15 is 0 Å². The monoisotopic (exact) mass is 166 g/mol. The number of aliphatic hydroxyl groups is 1. The van der Waals surface area contributed by atoms with Crippen molar-refractivity contribution in [3.05, 3.63) is 30.1 Å².